The Labute approximate surface area is 100 Å². The molecule has 0 aromatic rings. The van der Waals surface area contributed by atoms with Gasteiger partial charge in [-0.1, -0.05) is 13.8 Å². The normalized spacial score (nSPS) is 20.1. The van der Waals surface area contributed by atoms with Crippen LogP contribution in [0.5, 0.6) is 0 Å². The van der Waals surface area contributed by atoms with Gasteiger partial charge >= 0.3 is 0 Å². The lowest BCUT2D eigenvalue weighted by molar-refractivity contribution is 0.190. The number of hydrogen-bond donors (Lipinski definition) is 0. The van der Waals surface area contributed by atoms with Gasteiger partial charge in [0.2, 0.25) is 0 Å². The molecule has 0 saturated carbocycles. The average Bonchev–Trinajstić information content (AvgIpc) is 2.27. The zero-order chi connectivity index (χ0) is 12.0. The fourth-order valence-electron chi connectivity index (χ4n) is 2.09. The first-order valence-electron chi connectivity index (χ1n) is 6.46. The number of nitrogens with zero attached hydrogens (tertiary/aromatic N) is 1. The summed E-state index contributed by atoms with van der Waals surface area (Å²) >= 11 is 0. The van der Waals surface area contributed by atoms with Gasteiger partial charge < -0.3 is 4.90 Å². The first-order valence-corrected chi connectivity index (χ1v) is 8.28. The van der Waals surface area contributed by atoms with Gasteiger partial charge in [-0.3, -0.25) is 0 Å². The molecule has 1 aliphatic rings. The van der Waals surface area contributed by atoms with Crippen molar-refractivity contribution in [2.24, 2.45) is 5.92 Å². The molecule has 1 aliphatic heterocycles. The van der Waals surface area contributed by atoms with E-state index in [-0.39, 0.29) is 5.75 Å². The van der Waals surface area contributed by atoms with Crippen molar-refractivity contribution in [2.75, 3.05) is 31.1 Å². The van der Waals surface area contributed by atoms with Crippen LogP contribution in [0.3, 0.4) is 0 Å². The Balaban J connectivity index is 2.08. The maximum absolute atomic E-state index is 11.3. The summed E-state index contributed by atoms with van der Waals surface area (Å²) in [4.78, 5) is 2.47. The third-order valence-corrected chi connectivity index (χ3v) is 5.29. The van der Waals surface area contributed by atoms with Crippen LogP contribution in [0.25, 0.3) is 0 Å². The summed E-state index contributed by atoms with van der Waals surface area (Å²) < 4.78 is 22.6. The zero-order valence-electron chi connectivity index (χ0n) is 10.6. The highest BCUT2D eigenvalue weighted by Gasteiger charge is 2.15. The van der Waals surface area contributed by atoms with Gasteiger partial charge in [-0.05, 0) is 51.2 Å². The maximum Gasteiger partial charge on any atom is 0.150 e. The van der Waals surface area contributed by atoms with Crippen molar-refractivity contribution in [3.05, 3.63) is 0 Å². The second-order valence-electron chi connectivity index (χ2n) is 4.97. The topological polar surface area (TPSA) is 37.4 Å². The molecule has 0 unspecified atom stereocenters. The molecule has 1 saturated heterocycles. The minimum atomic E-state index is -2.75. The van der Waals surface area contributed by atoms with E-state index in [4.69, 9.17) is 0 Å². The van der Waals surface area contributed by atoms with Crippen LogP contribution in [0.4, 0.5) is 0 Å². The van der Waals surface area contributed by atoms with E-state index < -0.39 is 9.84 Å². The highest BCUT2D eigenvalue weighted by atomic mass is 32.2. The number of sulfone groups is 1. The Morgan fingerprint density at radius 2 is 1.81 bits per heavy atom. The predicted molar refractivity (Wildman–Crippen MR) is 68.4 cm³/mol. The standard InChI is InChI=1S/C12H25NO2S/c1-3-16(14,15)11-5-4-8-13-9-6-12(2)7-10-13/h12H,3-11H2,1-2H3. The molecule has 0 N–H and O–H groups in total. The van der Waals surface area contributed by atoms with Gasteiger partial charge in [-0.2, -0.15) is 0 Å². The summed E-state index contributed by atoms with van der Waals surface area (Å²) in [6.45, 7) is 7.50. The molecule has 0 spiro atoms. The van der Waals surface area contributed by atoms with Crippen molar-refractivity contribution in [1.29, 1.82) is 0 Å². The second-order valence-corrected chi connectivity index (χ2v) is 7.44. The van der Waals surface area contributed by atoms with Crippen LogP contribution in [0.1, 0.15) is 39.5 Å². The first-order chi connectivity index (χ1) is 7.53. The molecule has 1 heterocycles. The molecule has 0 aromatic carbocycles. The largest absolute Gasteiger partial charge is 0.303 e. The molecule has 0 radical (unpaired) electrons. The molecule has 0 atom stereocenters. The van der Waals surface area contributed by atoms with Crippen LogP contribution in [0, 0.1) is 5.92 Å². The van der Waals surface area contributed by atoms with E-state index in [1.165, 1.54) is 25.9 Å². The minimum Gasteiger partial charge on any atom is -0.303 e. The van der Waals surface area contributed by atoms with Crippen LogP contribution < -0.4 is 0 Å². The number of likely N-dealkylation sites (tertiary alicyclic amines) is 1. The third-order valence-electron chi connectivity index (χ3n) is 3.50. The summed E-state index contributed by atoms with van der Waals surface area (Å²) in [5, 5.41) is 0. The molecule has 1 fully saturated rings. The van der Waals surface area contributed by atoms with E-state index in [0.29, 0.717) is 5.75 Å². The Bertz CT molecular complexity index is 279. The van der Waals surface area contributed by atoms with Gasteiger partial charge in [-0.25, -0.2) is 8.42 Å². The number of hydrogen-bond acceptors (Lipinski definition) is 3. The van der Waals surface area contributed by atoms with E-state index in [0.717, 1.165) is 25.3 Å². The Hall–Kier alpha value is -0.0900. The maximum atomic E-state index is 11.3. The van der Waals surface area contributed by atoms with Gasteiger partial charge in [0.25, 0.3) is 0 Å². The van der Waals surface area contributed by atoms with E-state index >= 15 is 0 Å². The predicted octanol–water partition coefficient (Wildman–Crippen LogP) is 1.93. The average molecular weight is 247 g/mol. The molecular weight excluding hydrogens is 222 g/mol. The van der Waals surface area contributed by atoms with Crippen molar-refractivity contribution in [3.8, 4) is 0 Å². The first kappa shape index (κ1) is 14.0. The highest BCUT2D eigenvalue weighted by Crippen LogP contribution is 2.16. The lowest BCUT2D eigenvalue weighted by atomic mass is 9.99. The Kier molecular flexibility index (Phi) is 5.76. The SMILES string of the molecule is CCS(=O)(=O)CCCCN1CCC(C)CC1. The highest BCUT2D eigenvalue weighted by molar-refractivity contribution is 7.91. The number of rotatable bonds is 6. The van der Waals surface area contributed by atoms with Gasteiger partial charge in [0.1, 0.15) is 9.84 Å². The van der Waals surface area contributed by atoms with Crippen molar-refractivity contribution in [2.45, 2.75) is 39.5 Å². The molecule has 0 aromatic heterocycles. The van der Waals surface area contributed by atoms with Crippen LogP contribution in [0.2, 0.25) is 0 Å². The van der Waals surface area contributed by atoms with Crippen LogP contribution in [-0.4, -0.2) is 44.5 Å². The quantitative estimate of drug-likeness (QED) is 0.673. The van der Waals surface area contributed by atoms with Gasteiger partial charge in [0, 0.05) is 5.75 Å². The zero-order valence-corrected chi connectivity index (χ0v) is 11.4. The van der Waals surface area contributed by atoms with E-state index in [1.54, 1.807) is 6.92 Å². The van der Waals surface area contributed by atoms with Crippen molar-refractivity contribution >= 4 is 9.84 Å². The molecular formula is C12H25NO2S. The Morgan fingerprint density at radius 3 is 2.38 bits per heavy atom. The minimum absolute atomic E-state index is 0.286. The monoisotopic (exact) mass is 247 g/mol. The Morgan fingerprint density at radius 1 is 1.19 bits per heavy atom. The second kappa shape index (κ2) is 6.60. The molecule has 0 aliphatic carbocycles. The third kappa shape index (κ3) is 5.30. The summed E-state index contributed by atoms with van der Waals surface area (Å²) in [7, 11) is -2.75. The molecule has 0 amide bonds. The van der Waals surface area contributed by atoms with Crippen LogP contribution in [0.15, 0.2) is 0 Å². The van der Waals surface area contributed by atoms with Crippen LogP contribution >= 0.6 is 0 Å². The molecule has 4 heteroatoms. The summed E-state index contributed by atoms with van der Waals surface area (Å²) in [6, 6.07) is 0. The molecule has 16 heavy (non-hydrogen) atoms. The lowest BCUT2D eigenvalue weighted by Crippen LogP contribution is -2.33. The lowest BCUT2D eigenvalue weighted by Gasteiger charge is -2.30. The smallest absolute Gasteiger partial charge is 0.150 e. The van der Waals surface area contributed by atoms with E-state index in [2.05, 4.69) is 11.8 Å². The van der Waals surface area contributed by atoms with Crippen molar-refractivity contribution in [3.63, 3.8) is 0 Å². The van der Waals surface area contributed by atoms with Crippen LogP contribution in [-0.2, 0) is 9.84 Å². The molecule has 3 nitrogen and oxygen atoms in total. The molecule has 96 valence electrons. The molecule has 1 rings (SSSR count). The molecule has 0 bridgehead atoms. The number of unbranched alkanes of at least 4 members (excludes halogenated alkanes) is 1. The van der Waals surface area contributed by atoms with Crippen molar-refractivity contribution in [1.82, 2.24) is 4.90 Å². The van der Waals surface area contributed by atoms with Crippen molar-refractivity contribution < 1.29 is 8.42 Å². The van der Waals surface area contributed by atoms with E-state index in [9.17, 15) is 8.42 Å². The van der Waals surface area contributed by atoms with Gasteiger partial charge in [0.05, 0.1) is 5.75 Å². The summed E-state index contributed by atoms with van der Waals surface area (Å²) in [6.07, 6.45) is 4.44. The number of piperidine rings is 1. The summed E-state index contributed by atoms with van der Waals surface area (Å²) in [5.41, 5.74) is 0. The van der Waals surface area contributed by atoms with Gasteiger partial charge in [-0.15, -0.1) is 0 Å². The fraction of sp³-hybridized carbons (Fsp3) is 1.00. The van der Waals surface area contributed by atoms with E-state index in [1.807, 2.05) is 0 Å². The van der Waals surface area contributed by atoms with Gasteiger partial charge in [0.15, 0.2) is 0 Å². The fourth-order valence-corrected chi connectivity index (χ4v) is 3.02. The summed E-state index contributed by atoms with van der Waals surface area (Å²) in [5.74, 6) is 1.53.